The van der Waals surface area contributed by atoms with Crippen molar-refractivity contribution in [2.24, 2.45) is 0 Å². The lowest BCUT2D eigenvalue weighted by molar-refractivity contribution is -0.205. The van der Waals surface area contributed by atoms with Crippen LogP contribution in [0, 0.1) is 0 Å². The molecule has 6 atom stereocenters. The number of hydrogen-bond acceptors (Lipinski definition) is 8. The van der Waals surface area contributed by atoms with Crippen LogP contribution in [0.25, 0.3) is 0 Å². The van der Waals surface area contributed by atoms with Crippen molar-refractivity contribution in [2.75, 3.05) is 19.4 Å². The molecule has 0 bridgehead atoms. The Balaban J connectivity index is 2.66. The van der Waals surface area contributed by atoms with E-state index in [2.05, 4.69) is 10.6 Å². The SMILES string of the molecule is CNC(=O)[C@H](CS[C@@H]1OC(CO)[C@H](O)[C@H](O)C1O)NC(C)=O. The molecule has 1 heterocycles. The highest BCUT2D eigenvalue weighted by atomic mass is 32.2. The Labute approximate surface area is 132 Å². The van der Waals surface area contributed by atoms with E-state index in [9.17, 15) is 24.9 Å². The van der Waals surface area contributed by atoms with Gasteiger partial charge in [-0.15, -0.1) is 11.8 Å². The third-order valence-corrected chi connectivity index (χ3v) is 4.46. The first-order valence-electron chi connectivity index (χ1n) is 6.72. The van der Waals surface area contributed by atoms with Crippen molar-refractivity contribution in [3.05, 3.63) is 0 Å². The smallest absolute Gasteiger partial charge is 0.243 e. The summed E-state index contributed by atoms with van der Waals surface area (Å²) < 4.78 is 5.31. The summed E-state index contributed by atoms with van der Waals surface area (Å²) in [6.07, 6.45) is -5.29. The molecule has 1 aliphatic heterocycles. The van der Waals surface area contributed by atoms with Gasteiger partial charge in [0.25, 0.3) is 0 Å². The number of amides is 2. The van der Waals surface area contributed by atoms with Gasteiger partial charge in [-0.05, 0) is 0 Å². The van der Waals surface area contributed by atoms with E-state index in [-0.39, 0.29) is 11.7 Å². The zero-order chi connectivity index (χ0) is 16.9. The third-order valence-electron chi connectivity index (χ3n) is 3.22. The largest absolute Gasteiger partial charge is 0.394 e. The molecule has 0 radical (unpaired) electrons. The first-order valence-corrected chi connectivity index (χ1v) is 7.77. The van der Waals surface area contributed by atoms with Gasteiger partial charge in [0.05, 0.1) is 6.61 Å². The van der Waals surface area contributed by atoms with Crippen LogP contribution >= 0.6 is 11.8 Å². The van der Waals surface area contributed by atoms with Gasteiger partial charge >= 0.3 is 0 Å². The highest BCUT2D eigenvalue weighted by Gasteiger charge is 2.43. The fourth-order valence-electron chi connectivity index (χ4n) is 2.00. The average molecular weight is 338 g/mol. The van der Waals surface area contributed by atoms with Crippen molar-refractivity contribution in [2.45, 2.75) is 42.8 Å². The molecule has 0 aromatic rings. The molecule has 0 saturated carbocycles. The molecule has 6 N–H and O–H groups in total. The number of nitrogens with one attached hydrogen (secondary N) is 2. The third kappa shape index (κ3) is 4.80. The quantitative estimate of drug-likeness (QED) is 0.296. The van der Waals surface area contributed by atoms with Crippen molar-refractivity contribution in [3.8, 4) is 0 Å². The maximum atomic E-state index is 11.7. The first kappa shape index (κ1) is 19.1. The van der Waals surface area contributed by atoms with Crippen LogP contribution in [0.1, 0.15) is 6.92 Å². The fourth-order valence-corrected chi connectivity index (χ4v) is 3.19. The normalized spacial score (nSPS) is 33.1. The van der Waals surface area contributed by atoms with E-state index in [1.165, 1.54) is 14.0 Å². The number of hydrogen-bond donors (Lipinski definition) is 6. The molecular formula is C12H22N2O7S. The molecule has 128 valence electrons. The minimum absolute atomic E-state index is 0.0853. The summed E-state index contributed by atoms with van der Waals surface area (Å²) in [4.78, 5) is 22.8. The van der Waals surface area contributed by atoms with Crippen LogP contribution in [0.3, 0.4) is 0 Å². The van der Waals surface area contributed by atoms with Crippen molar-refractivity contribution in [1.82, 2.24) is 10.6 Å². The summed E-state index contributed by atoms with van der Waals surface area (Å²) >= 11 is 0.994. The van der Waals surface area contributed by atoms with Crippen molar-refractivity contribution in [3.63, 3.8) is 0 Å². The summed E-state index contributed by atoms with van der Waals surface area (Å²) in [5, 5.41) is 43.2. The van der Waals surface area contributed by atoms with Gasteiger partial charge in [0.15, 0.2) is 0 Å². The Morgan fingerprint density at radius 2 is 1.86 bits per heavy atom. The minimum atomic E-state index is -1.47. The van der Waals surface area contributed by atoms with E-state index in [0.717, 1.165) is 11.8 Å². The van der Waals surface area contributed by atoms with Crippen LogP contribution in [-0.4, -0.2) is 87.5 Å². The van der Waals surface area contributed by atoms with E-state index in [1.54, 1.807) is 0 Å². The van der Waals surface area contributed by atoms with Gasteiger partial charge in [0.1, 0.15) is 35.9 Å². The van der Waals surface area contributed by atoms with E-state index >= 15 is 0 Å². The van der Waals surface area contributed by atoms with Crippen LogP contribution in [-0.2, 0) is 14.3 Å². The molecule has 2 unspecified atom stereocenters. The molecule has 0 aromatic carbocycles. The van der Waals surface area contributed by atoms with Crippen LogP contribution in [0.15, 0.2) is 0 Å². The first-order chi connectivity index (χ1) is 10.3. The maximum Gasteiger partial charge on any atom is 0.243 e. The highest BCUT2D eigenvalue weighted by Crippen LogP contribution is 2.28. The predicted octanol–water partition coefficient (Wildman–Crippen LogP) is -3.23. The van der Waals surface area contributed by atoms with Crippen molar-refractivity contribution >= 4 is 23.6 Å². The molecule has 0 aliphatic carbocycles. The molecule has 10 heteroatoms. The lowest BCUT2D eigenvalue weighted by atomic mass is 10.0. The van der Waals surface area contributed by atoms with E-state index < -0.39 is 48.4 Å². The molecule has 22 heavy (non-hydrogen) atoms. The van der Waals surface area contributed by atoms with Gasteiger partial charge in [-0.3, -0.25) is 9.59 Å². The van der Waals surface area contributed by atoms with E-state index in [1.807, 2.05) is 0 Å². The zero-order valence-electron chi connectivity index (χ0n) is 12.3. The van der Waals surface area contributed by atoms with E-state index in [0.29, 0.717) is 0 Å². The second kappa shape index (κ2) is 8.65. The van der Waals surface area contributed by atoms with Gasteiger partial charge in [-0.25, -0.2) is 0 Å². The standard InChI is InChI=1S/C12H22N2O7S/c1-5(16)14-6(11(20)13-2)4-22-12-10(19)9(18)8(17)7(3-15)21-12/h6-10,12,15,17-19H,3-4H2,1-2H3,(H,13,20)(H,14,16)/t6-,7?,8-,9-,10?,12-/m0/s1. The summed E-state index contributed by atoms with van der Waals surface area (Å²) in [7, 11) is 1.43. The Hall–Kier alpha value is -0.910. The molecule has 1 fully saturated rings. The number of ether oxygens (including phenoxy) is 1. The second-order valence-corrected chi connectivity index (χ2v) is 6.03. The number of thioether (sulfide) groups is 1. The Kier molecular flexibility index (Phi) is 7.53. The van der Waals surface area contributed by atoms with Crippen molar-refractivity contribution in [1.29, 1.82) is 0 Å². The lowest BCUT2D eigenvalue weighted by Crippen LogP contribution is -2.58. The summed E-state index contributed by atoms with van der Waals surface area (Å²) in [5.74, 6) is -0.711. The molecule has 1 rings (SSSR count). The van der Waals surface area contributed by atoms with Crippen LogP contribution in [0.2, 0.25) is 0 Å². The highest BCUT2D eigenvalue weighted by molar-refractivity contribution is 7.99. The number of aliphatic hydroxyl groups is 4. The average Bonchev–Trinajstić information content (AvgIpc) is 2.49. The van der Waals surface area contributed by atoms with Crippen LogP contribution in [0.5, 0.6) is 0 Å². The number of rotatable bonds is 6. The molecule has 1 saturated heterocycles. The molecule has 0 aromatic heterocycles. The number of carbonyl (C=O) groups excluding carboxylic acids is 2. The Morgan fingerprint density at radius 3 is 2.36 bits per heavy atom. The van der Waals surface area contributed by atoms with Crippen LogP contribution in [0.4, 0.5) is 0 Å². The number of aliphatic hydroxyl groups excluding tert-OH is 4. The summed E-state index contributed by atoms with van der Waals surface area (Å²) in [5.41, 5.74) is -0.948. The second-order valence-electron chi connectivity index (χ2n) is 4.90. The Bertz CT molecular complexity index is 396. The zero-order valence-corrected chi connectivity index (χ0v) is 13.1. The molecular weight excluding hydrogens is 316 g/mol. The van der Waals surface area contributed by atoms with Gasteiger partial charge in [0, 0.05) is 19.7 Å². The maximum absolute atomic E-state index is 11.7. The fraction of sp³-hybridized carbons (Fsp3) is 0.833. The van der Waals surface area contributed by atoms with Gasteiger partial charge in [-0.1, -0.05) is 0 Å². The predicted molar refractivity (Wildman–Crippen MR) is 77.9 cm³/mol. The van der Waals surface area contributed by atoms with Gasteiger partial charge < -0.3 is 35.8 Å². The topological polar surface area (TPSA) is 148 Å². The molecule has 2 amide bonds. The van der Waals surface area contributed by atoms with Crippen LogP contribution < -0.4 is 10.6 Å². The minimum Gasteiger partial charge on any atom is -0.394 e. The van der Waals surface area contributed by atoms with Gasteiger partial charge in [-0.2, -0.15) is 0 Å². The summed E-state index contributed by atoms with van der Waals surface area (Å²) in [6.45, 7) is 0.751. The number of carbonyl (C=O) groups is 2. The molecule has 9 nitrogen and oxygen atoms in total. The monoisotopic (exact) mass is 338 g/mol. The van der Waals surface area contributed by atoms with E-state index in [4.69, 9.17) is 9.84 Å². The molecule has 0 spiro atoms. The molecule has 1 aliphatic rings. The van der Waals surface area contributed by atoms with Gasteiger partial charge in [0.2, 0.25) is 11.8 Å². The van der Waals surface area contributed by atoms with Crippen molar-refractivity contribution < 1.29 is 34.8 Å². The number of likely N-dealkylation sites (N-methyl/N-ethyl adjacent to an activating group) is 1. The Morgan fingerprint density at radius 1 is 1.23 bits per heavy atom. The lowest BCUT2D eigenvalue weighted by Gasteiger charge is -2.39. The summed E-state index contributed by atoms with van der Waals surface area (Å²) in [6, 6.07) is -0.833.